The van der Waals surface area contributed by atoms with E-state index in [4.69, 9.17) is 11.6 Å². The van der Waals surface area contributed by atoms with Crippen LogP contribution in [0.5, 0.6) is 0 Å². The molecule has 0 saturated carbocycles. The fraction of sp³-hybridized carbons (Fsp3) is 0.158. The molecule has 3 N–H and O–H groups in total. The lowest BCUT2D eigenvalue weighted by molar-refractivity contribution is -0.115. The summed E-state index contributed by atoms with van der Waals surface area (Å²) >= 11 is 6.21. The van der Waals surface area contributed by atoms with Gasteiger partial charge in [-0.2, -0.15) is 4.98 Å². The number of carbonyl (C=O) groups excluding carboxylic acids is 1. The molecule has 4 rings (SSSR count). The predicted octanol–water partition coefficient (Wildman–Crippen LogP) is 3.68. The molecule has 3 heterocycles. The Bertz CT molecular complexity index is 1020. The third-order valence-electron chi connectivity index (χ3n) is 4.28. The summed E-state index contributed by atoms with van der Waals surface area (Å²) in [6.07, 6.45) is 3.71. The van der Waals surface area contributed by atoms with Crippen molar-refractivity contribution < 1.29 is 4.79 Å². The topological polar surface area (TPSA) is 91.8 Å². The van der Waals surface area contributed by atoms with Crippen molar-refractivity contribution in [1.82, 2.24) is 15.0 Å². The second-order valence-corrected chi connectivity index (χ2v) is 6.64. The van der Waals surface area contributed by atoms with Crippen molar-refractivity contribution in [3.05, 3.63) is 64.6 Å². The molecule has 136 valence electrons. The van der Waals surface area contributed by atoms with Crippen LogP contribution in [-0.4, -0.2) is 20.9 Å². The zero-order valence-electron chi connectivity index (χ0n) is 14.6. The lowest BCUT2D eigenvalue weighted by atomic mass is 10.1. The number of rotatable bonds is 5. The number of hydrogen-bond donors (Lipinski definition) is 3. The SMILES string of the molecule is Cc1cccnc1CNc1nc(Nc2ccc3c(c2)NC(=O)C3)ncc1Cl. The Morgan fingerprint density at radius 3 is 3.00 bits per heavy atom. The monoisotopic (exact) mass is 380 g/mol. The first-order valence-electron chi connectivity index (χ1n) is 8.45. The third-order valence-corrected chi connectivity index (χ3v) is 4.55. The molecule has 0 radical (unpaired) electrons. The molecule has 0 saturated heterocycles. The number of hydrogen-bond acceptors (Lipinski definition) is 6. The van der Waals surface area contributed by atoms with Gasteiger partial charge in [0.15, 0.2) is 5.82 Å². The summed E-state index contributed by atoms with van der Waals surface area (Å²) in [7, 11) is 0. The maximum Gasteiger partial charge on any atom is 0.229 e. The first kappa shape index (κ1) is 17.2. The summed E-state index contributed by atoms with van der Waals surface area (Å²) in [4.78, 5) is 24.5. The van der Waals surface area contributed by atoms with Gasteiger partial charge in [0.2, 0.25) is 11.9 Å². The molecular formula is C19H17ClN6O. The second-order valence-electron chi connectivity index (χ2n) is 6.23. The van der Waals surface area contributed by atoms with E-state index in [1.165, 1.54) is 0 Å². The van der Waals surface area contributed by atoms with Gasteiger partial charge in [-0.25, -0.2) is 4.98 Å². The number of halogens is 1. The van der Waals surface area contributed by atoms with Crippen LogP contribution in [-0.2, 0) is 17.8 Å². The van der Waals surface area contributed by atoms with E-state index >= 15 is 0 Å². The first-order valence-corrected chi connectivity index (χ1v) is 8.83. The fourth-order valence-electron chi connectivity index (χ4n) is 2.84. The minimum atomic E-state index is 0.00111. The second kappa shape index (κ2) is 7.20. The van der Waals surface area contributed by atoms with Crippen LogP contribution in [0.25, 0.3) is 0 Å². The van der Waals surface area contributed by atoms with Crippen molar-refractivity contribution in [3.8, 4) is 0 Å². The fourth-order valence-corrected chi connectivity index (χ4v) is 3.00. The molecular weight excluding hydrogens is 364 g/mol. The number of amides is 1. The molecule has 2 aromatic heterocycles. The Morgan fingerprint density at radius 1 is 1.26 bits per heavy atom. The van der Waals surface area contributed by atoms with Crippen molar-refractivity contribution in [2.45, 2.75) is 19.9 Å². The van der Waals surface area contributed by atoms with Crippen LogP contribution in [0, 0.1) is 6.92 Å². The van der Waals surface area contributed by atoms with Gasteiger partial charge in [0.1, 0.15) is 5.02 Å². The van der Waals surface area contributed by atoms with Crippen LogP contribution in [0.15, 0.2) is 42.7 Å². The van der Waals surface area contributed by atoms with E-state index in [1.54, 1.807) is 12.4 Å². The quantitative estimate of drug-likeness (QED) is 0.625. The maximum atomic E-state index is 11.5. The summed E-state index contributed by atoms with van der Waals surface area (Å²) in [5.74, 6) is 0.929. The van der Waals surface area contributed by atoms with Crippen molar-refractivity contribution >= 4 is 40.6 Å². The smallest absolute Gasteiger partial charge is 0.229 e. The Labute approximate surface area is 161 Å². The highest BCUT2D eigenvalue weighted by atomic mass is 35.5. The van der Waals surface area contributed by atoms with E-state index < -0.39 is 0 Å². The Balaban J connectivity index is 1.50. The number of nitrogens with one attached hydrogen (secondary N) is 3. The zero-order chi connectivity index (χ0) is 18.8. The van der Waals surface area contributed by atoms with Gasteiger partial charge in [-0.1, -0.05) is 23.7 Å². The average Bonchev–Trinajstić information content (AvgIpc) is 3.02. The van der Waals surface area contributed by atoms with E-state index in [0.717, 1.165) is 28.2 Å². The van der Waals surface area contributed by atoms with E-state index in [2.05, 4.69) is 30.9 Å². The molecule has 7 nitrogen and oxygen atoms in total. The molecule has 3 aromatic rings. The number of anilines is 4. The van der Waals surface area contributed by atoms with Crippen LogP contribution >= 0.6 is 11.6 Å². The lowest BCUT2D eigenvalue weighted by Gasteiger charge is -2.11. The minimum absolute atomic E-state index is 0.00111. The molecule has 0 spiro atoms. The molecule has 27 heavy (non-hydrogen) atoms. The number of pyridine rings is 1. The van der Waals surface area contributed by atoms with Gasteiger partial charge in [0.25, 0.3) is 0 Å². The summed E-state index contributed by atoms with van der Waals surface area (Å²) in [6.45, 7) is 2.51. The molecule has 1 aromatic carbocycles. The molecule has 1 amide bonds. The van der Waals surface area contributed by atoms with Gasteiger partial charge < -0.3 is 16.0 Å². The largest absolute Gasteiger partial charge is 0.363 e. The minimum Gasteiger partial charge on any atom is -0.363 e. The maximum absolute atomic E-state index is 11.5. The zero-order valence-corrected chi connectivity index (χ0v) is 15.3. The van der Waals surface area contributed by atoms with Crippen molar-refractivity contribution in [2.75, 3.05) is 16.0 Å². The Morgan fingerprint density at radius 2 is 2.15 bits per heavy atom. The standard InChI is InChI=1S/C19H17ClN6O/c1-11-3-2-6-21-16(11)10-22-18-14(20)9-23-19(26-18)24-13-5-4-12-7-17(27)25-15(12)8-13/h2-6,8-9H,7,10H2,1H3,(H,25,27)(H2,22,23,24,26). The lowest BCUT2D eigenvalue weighted by Crippen LogP contribution is -2.07. The summed E-state index contributed by atoms with van der Waals surface area (Å²) < 4.78 is 0. The van der Waals surface area contributed by atoms with Gasteiger partial charge >= 0.3 is 0 Å². The number of carbonyl (C=O) groups is 1. The highest BCUT2D eigenvalue weighted by molar-refractivity contribution is 6.32. The number of aryl methyl sites for hydroxylation is 1. The van der Waals surface area contributed by atoms with Crippen molar-refractivity contribution in [3.63, 3.8) is 0 Å². The molecule has 0 bridgehead atoms. The molecule has 0 unspecified atom stereocenters. The Kier molecular flexibility index (Phi) is 4.60. The summed E-state index contributed by atoms with van der Waals surface area (Å²) in [6, 6.07) is 9.57. The van der Waals surface area contributed by atoms with Gasteiger partial charge in [-0.3, -0.25) is 9.78 Å². The molecule has 1 aliphatic heterocycles. The van der Waals surface area contributed by atoms with Gasteiger partial charge in [-0.15, -0.1) is 0 Å². The summed E-state index contributed by atoms with van der Waals surface area (Å²) in [5.41, 5.74) is 4.59. The Hall–Kier alpha value is -3.19. The van der Waals surface area contributed by atoms with Gasteiger partial charge in [-0.05, 0) is 36.2 Å². The van der Waals surface area contributed by atoms with E-state index in [1.807, 2.05) is 37.3 Å². The van der Waals surface area contributed by atoms with Crippen LogP contribution in [0.3, 0.4) is 0 Å². The normalized spacial score (nSPS) is 12.4. The third kappa shape index (κ3) is 3.83. The number of fused-ring (bicyclic) bond motifs is 1. The molecule has 0 fully saturated rings. The van der Waals surface area contributed by atoms with Crippen LogP contribution in [0.4, 0.5) is 23.1 Å². The van der Waals surface area contributed by atoms with Gasteiger partial charge in [0.05, 0.1) is 24.9 Å². The highest BCUT2D eigenvalue weighted by Gasteiger charge is 2.17. The van der Waals surface area contributed by atoms with E-state index in [-0.39, 0.29) is 5.91 Å². The van der Waals surface area contributed by atoms with Crippen molar-refractivity contribution in [2.24, 2.45) is 0 Å². The number of aromatic nitrogens is 3. The van der Waals surface area contributed by atoms with Crippen molar-refractivity contribution in [1.29, 1.82) is 0 Å². The van der Waals surface area contributed by atoms with E-state index in [0.29, 0.717) is 29.8 Å². The molecule has 8 heteroatoms. The van der Waals surface area contributed by atoms with Crippen LogP contribution < -0.4 is 16.0 Å². The first-order chi connectivity index (χ1) is 13.1. The number of benzene rings is 1. The van der Waals surface area contributed by atoms with Gasteiger partial charge in [0, 0.05) is 17.6 Å². The van der Waals surface area contributed by atoms with E-state index in [9.17, 15) is 4.79 Å². The summed E-state index contributed by atoms with van der Waals surface area (Å²) in [5, 5.41) is 9.59. The number of nitrogens with zero attached hydrogens (tertiary/aromatic N) is 3. The van der Waals surface area contributed by atoms with Crippen LogP contribution in [0.1, 0.15) is 16.8 Å². The highest BCUT2D eigenvalue weighted by Crippen LogP contribution is 2.28. The molecule has 0 aliphatic carbocycles. The molecule has 0 atom stereocenters. The predicted molar refractivity (Wildman–Crippen MR) is 105 cm³/mol. The van der Waals surface area contributed by atoms with Crippen LogP contribution in [0.2, 0.25) is 5.02 Å². The average molecular weight is 381 g/mol. The molecule has 1 aliphatic rings.